The van der Waals surface area contributed by atoms with E-state index in [2.05, 4.69) is 5.32 Å². The molecule has 0 saturated heterocycles. The van der Waals surface area contributed by atoms with Crippen LogP contribution in [0.5, 0.6) is 5.75 Å². The van der Waals surface area contributed by atoms with Gasteiger partial charge >= 0.3 is 0 Å². The molecule has 1 fully saturated rings. The molecule has 1 aliphatic carbocycles. The first-order valence-corrected chi connectivity index (χ1v) is 6.34. The number of hydrogen-bond acceptors (Lipinski definition) is 3. The van der Waals surface area contributed by atoms with Crippen LogP contribution >= 0.6 is 0 Å². The molecular formula is C14H18FNO3. The highest BCUT2D eigenvalue weighted by molar-refractivity contribution is 5.78. The Hall–Kier alpha value is -1.62. The van der Waals surface area contributed by atoms with Crippen molar-refractivity contribution >= 4 is 5.91 Å². The molecule has 0 aromatic heterocycles. The number of ether oxygens (including phenoxy) is 1. The summed E-state index contributed by atoms with van der Waals surface area (Å²) in [6.07, 6.45) is 2.05. The van der Waals surface area contributed by atoms with Gasteiger partial charge in [-0.15, -0.1) is 0 Å². The van der Waals surface area contributed by atoms with Crippen LogP contribution in [0.2, 0.25) is 0 Å². The SMILES string of the molecule is CC(CO)(NC(=O)COc1ccc(F)cc1)C1CC1. The summed E-state index contributed by atoms with van der Waals surface area (Å²) in [5.41, 5.74) is -0.566. The van der Waals surface area contributed by atoms with Crippen LogP contribution < -0.4 is 10.1 Å². The lowest BCUT2D eigenvalue weighted by atomic mass is 9.97. The normalized spacial score (nSPS) is 17.6. The molecule has 1 amide bonds. The largest absolute Gasteiger partial charge is 0.484 e. The molecule has 5 heteroatoms. The zero-order valence-electron chi connectivity index (χ0n) is 10.9. The van der Waals surface area contributed by atoms with Gasteiger partial charge < -0.3 is 15.2 Å². The number of rotatable bonds is 6. The Morgan fingerprint density at radius 2 is 2.11 bits per heavy atom. The fraction of sp³-hybridized carbons (Fsp3) is 0.500. The molecule has 19 heavy (non-hydrogen) atoms. The number of carbonyl (C=O) groups is 1. The molecule has 1 aliphatic rings. The van der Waals surface area contributed by atoms with Crippen molar-refractivity contribution in [1.29, 1.82) is 0 Å². The Morgan fingerprint density at radius 3 is 2.63 bits per heavy atom. The summed E-state index contributed by atoms with van der Waals surface area (Å²) >= 11 is 0. The van der Waals surface area contributed by atoms with Gasteiger partial charge in [-0.1, -0.05) is 0 Å². The van der Waals surface area contributed by atoms with Crippen molar-refractivity contribution in [3.8, 4) is 5.75 Å². The topological polar surface area (TPSA) is 58.6 Å². The third-order valence-corrected chi connectivity index (χ3v) is 3.42. The maximum Gasteiger partial charge on any atom is 0.258 e. The van der Waals surface area contributed by atoms with E-state index in [0.717, 1.165) is 12.8 Å². The Bertz CT molecular complexity index is 445. The number of aliphatic hydroxyl groups excluding tert-OH is 1. The number of hydrogen-bond donors (Lipinski definition) is 2. The third-order valence-electron chi connectivity index (χ3n) is 3.42. The van der Waals surface area contributed by atoms with E-state index in [1.165, 1.54) is 24.3 Å². The predicted octanol–water partition coefficient (Wildman–Crippen LogP) is 1.48. The maximum absolute atomic E-state index is 12.7. The van der Waals surface area contributed by atoms with Crippen LogP contribution in [-0.2, 0) is 4.79 Å². The molecule has 1 atom stereocenters. The van der Waals surface area contributed by atoms with Gasteiger partial charge in [-0.2, -0.15) is 0 Å². The summed E-state index contributed by atoms with van der Waals surface area (Å²) in [5.74, 6) is 0.145. The maximum atomic E-state index is 12.7. The first-order valence-electron chi connectivity index (χ1n) is 6.34. The van der Waals surface area contributed by atoms with Gasteiger partial charge in [0.2, 0.25) is 0 Å². The zero-order chi connectivity index (χ0) is 13.9. The van der Waals surface area contributed by atoms with Gasteiger partial charge in [-0.05, 0) is 49.9 Å². The Kier molecular flexibility index (Phi) is 4.04. The molecule has 0 bridgehead atoms. The standard InChI is InChI=1S/C14H18FNO3/c1-14(9-17,10-2-3-10)16-13(18)8-19-12-6-4-11(15)5-7-12/h4-7,10,17H,2-3,8-9H2,1H3,(H,16,18). The molecule has 4 nitrogen and oxygen atoms in total. The lowest BCUT2D eigenvalue weighted by molar-refractivity contribution is -0.125. The molecule has 2 N–H and O–H groups in total. The van der Waals surface area contributed by atoms with Gasteiger partial charge in [0.05, 0.1) is 12.1 Å². The minimum atomic E-state index is -0.566. The molecule has 0 aliphatic heterocycles. The molecule has 2 rings (SSSR count). The molecular weight excluding hydrogens is 249 g/mol. The second kappa shape index (κ2) is 5.57. The fourth-order valence-corrected chi connectivity index (χ4v) is 2.03. The second-order valence-corrected chi connectivity index (χ2v) is 5.14. The van der Waals surface area contributed by atoms with Gasteiger partial charge in [-0.3, -0.25) is 4.79 Å². The van der Waals surface area contributed by atoms with Crippen molar-refractivity contribution < 1.29 is 19.0 Å². The van der Waals surface area contributed by atoms with Crippen LogP contribution in [0.25, 0.3) is 0 Å². The van der Waals surface area contributed by atoms with E-state index < -0.39 is 5.54 Å². The monoisotopic (exact) mass is 267 g/mol. The zero-order valence-corrected chi connectivity index (χ0v) is 10.9. The highest BCUT2D eigenvalue weighted by Crippen LogP contribution is 2.39. The molecule has 1 saturated carbocycles. The minimum Gasteiger partial charge on any atom is -0.484 e. The number of carbonyl (C=O) groups excluding carboxylic acids is 1. The van der Waals surface area contributed by atoms with Crippen LogP contribution in [0.4, 0.5) is 4.39 Å². The van der Waals surface area contributed by atoms with E-state index in [4.69, 9.17) is 4.74 Å². The summed E-state index contributed by atoms with van der Waals surface area (Å²) in [7, 11) is 0. The smallest absolute Gasteiger partial charge is 0.258 e. The molecule has 1 aromatic rings. The minimum absolute atomic E-state index is 0.0834. The first-order chi connectivity index (χ1) is 9.03. The lowest BCUT2D eigenvalue weighted by Gasteiger charge is -2.28. The highest BCUT2D eigenvalue weighted by Gasteiger charge is 2.42. The van der Waals surface area contributed by atoms with Gasteiger partial charge in [0.1, 0.15) is 11.6 Å². The van der Waals surface area contributed by atoms with Gasteiger partial charge in [0, 0.05) is 0 Å². The van der Waals surface area contributed by atoms with Crippen molar-refractivity contribution in [2.45, 2.75) is 25.3 Å². The quantitative estimate of drug-likeness (QED) is 0.821. The van der Waals surface area contributed by atoms with Crippen LogP contribution in [-0.4, -0.2) is 29.8 Å². The lowest BCUT2D eigenvalue weighted by Crippen LogP contribution is -2.52. The summed E-state index contributed by atoms with van der Waals surface area (Å²) in [5, 5.41) is 12.2. The molecule has 104 valence electrons. The predicted molar refractivity (Wildman–Crippen MR) is 68.3 cm³/mol. The second-order valence-electron chi connectivity index (χ2n) is 5.14. The summed E-state index contributed by atoms with van der Waals surface area (Å²) in [6, 6.07) is 5.48. The van der Waals surface area contributed by atoms with Crippen molar-refractivity contribution in [1.82, 2.24) is 5.32 Å². The van der Waals surface area contributed by atoms with Crippen molar-refractivity contribution in [3.63, 3.8) is 0 Å². The van der Waals surface area contributed by atoms with Crippen molar-refractivity contribution in [3.05, 3.63) is 30.1 Å². The van der Waals surface area contributed by atoms with E-state index in [1.54, 1.807) is 0 Å². The Balaban J connectivity index is 1.82. The van der Waals surface area contributed by atoms with Gasteiger partial charge in [-0.25, -0.2) is 4.39 Å². The third kappa shape index (κ3) is 3.67. The Morgan fingerprint density at radius 1 is 1.47 bits per heavy atom. The summed E-state index contributed by atoms with van der Waals surface area (Å²) < 4.78 is 17.9. The van der Waals surface area contributed by atoms with Crippen molar-refractivity contribution in [2.75, 3.05) is 13.2 Å². The van der Waals surface area contributed by atoms with Crippen molar-refractivity contribution in [2.24, 2.45) is 5.92 Å². The number of nitrogens with one attached hydrogen (secondary N) is 1. The highest BCUT2D eigenvalue weighted by atomic mass is 19.1. The average Bonchev–Trinajstić information content (AvgIpc) is 3.22. The summed E-state index contributed by atoms with van der Waals surface area (Å²) in [4.78, 5) is 11.8. The van der Waals surface area contributed by atoms with E-state index in [-0.39, 0.29) is 24.9 Å². The van der Waals surface area contributed by atoms with Crippen LogP contribution in [0.3, 0.4) is 0 Å². The van der Waals surface area contributed by atoms with Crippen LogP contribution in [0.1, 0.15) is 19.8 Å². The first kappa shape index (κ1) is 13.8. The molecule has 0 spiro atoms. The Labute approximate surface area is 111 Å². The number of amides is 1. The molecule has 1 unspecified atom stereocenters. The van der Waals surface area contributed by atoms with E-state index in [1.807, 2.05) is 6.92 Å². The molecule has 0 heterocycles. The fourth-order valence-electron chi connectivity index (χ4n) is 2.03. The summed E-state index contributed by atoms with van der Waals surface area (Å²) in [6.45, 7) is 1.61. The number of aliphatic hydroxyl groups is 1. The molecule has 1 aromatic carbocycles. The van der Waals surface area contributed by atoms with E-state index >= 15 is 0 Å². The number of benzene rings is 1. The van der Waals surface area contributed by atoms with Crippen LogP contribution in [0.15, 0.2) is 24.3 Å². The number of halogens is 1. The van der Waals surface area contributed by atoms with Gasteiger partial charge in [0.25, 0.3) is 5.91 Å². The van der Waals surface area contributed by atoms with Crippen LogP contribution in [0, 0.1) is 11.7 Å². The van der Waals surface area contributed by atoms with Gasteiger partial charge in [0.15, 0.2) is 6.61 Å². The van der Waals surface area contributed by atoms with E-state index in [9.17, 15) is 14.3 Å². The van der Waals surface area contributed by atoms with E-state index in [0.29, 0.717) is 11.7 Å². The molecule has 0 radical (unpaired) electrons. The average molecular weight is 267 g/mol.